The van der Waals surface area contributed by atoms with Gasteiger partial charge in [0.25, 0.3) is 0 Å². The smallest absolute Gasteiger partial charge is 0.00556 e. The molecule has 0 N–H and O–H groups in total. The Morgan fingerprint density at radius 2 is 1.87 bits per heavy atom. The molecule has 15 heavy (non-hydrogen) atoms. The summed E-state index contributed by atoms with van der Waals surface area (Å²) in [5, 5.41) is 0. The predicted molar refractivity (Wildman–Crippen MR) is 67.7 cm³/mol. The summed E-state index contributed by atoms with van der Waals surface area (Å²) in [5.41, 5.74) is 1.41. The second kappa shape index (κ2) is 6.49. The zero-order chi connectivity index (χ0) is 11.1. The summed E-state index contributed by atoms with van der Waals surface area (Å²) in [6, 6.07) is 0. The minimum Gasteiger partial charge on any atom is -0.383 e. The monoisotopic (exact) mass is 205 g/mol. The molecule has 0 unspecified atom stereocenters. The number of allylic oxidation sites excluding steroid dienone is 4. The van der Waals surface area contributed by atoms with Gasteiger partial charge >= 0.3 is 0 Å². The zero-order valence-electron chi connectivity index (χ0n) is 10.1. The van der Waals surface area contributed by atoms with Crippen molar-refractivity contribution in [2.24, 2.45) is 5.92 Å². The Balaban J connectivity index is 2.56. The quantitative estimate of drug-likeness (QED) is 0.632. The number of hydrogen-bond acceptors (Lipinski definition) is 1. The molecule has 1 aliphatic rings. The highest BCUT2D eigenvalue weighted by atomic mass is 15.0. The van der Waals surface area contributed by atoms with E-state index in [1.54, 1.807) is 0 Å². The minimum atomic E-state index is 0.753. The van der Waals surface area contributed by atoms with Crippen LogP contribution in [0.25, 0.3) is 0 Å². The molecule has 0 amide bonds. The largest absolute Gasteiger partial charge is 0.383 e. The van der Waals surface area contributed by atoms with E-state index in [1.165, 1.54) is 37.7 Å². The van der Waals surface area contributed by atoms with Crippen LogP contribution >= 0.6 is 0 Å². The summed E-state index contributed by atoms with van der Waals surface area (Å²) >= 11 is 0. The van der Waals surface area contributed by atoms with Gasteiger partial charge in [-0.05, 0) is 36.6 Å². The third kappa shape index (κ3) is 4.37. The van der Waals surface area contributed by atoms with Crippen molar-refractivity contribution < 1.29 is 0 Å². The average Bonchev–Trinajstić information content (AvgIpc) is 2.25. The third-order valence-electron chi connectivity index (χ3n) is 2.99. The number of rotatable bonds is 4. The van der Waals surface area contributed by atoms with Gasteiger partial charge in [-0.2, -0.15) is 0 Å². The Morgan fingerprint density at radius 1 is 1.20 bits per heavy atom. The molecule has 0 aromatic rings. The molecule has 0 aromatic heterocycles. The van der Waals surface area contributed by atoms with E-state index < -0.39 is 0 Å². The van der Waals surface area contributed by atoms with E-state index in [2.05, 4.69) is 29.8 Å². The second-order valence-corrected chi connectivity index (χ2v) is 4.51. The van der Waals surface area contributed by atoms with E-state index in [0.29, 0.717) is 0 Å². The second-order valence-electron chi connectivity index (χ2n) is 4.51. The summed E-state index contributed by atoms with van der Waals surface area (Å²) in [6.07, 6.45) is 15.3. The fourth-order valence-corrected chi connectivity index (χ4v) is 2.13. The fourth-order valence-electron chi connectivity index (χ4n) is 2.13. The van der Waals surface area contributed by atoms with Gasteiger partial charge < -0.3 is 4.90 Å². The standard InChI is InChI=1S/C14H23N/c1-4-13(11-8-12-15(2)3)14-9-6-5-7-10-14/h4,8,11-12,14H,1,5-7,9-10H2,2-3H3/b12-8-,13-11+. The van der Waals surface area contributed by atoms with Crippen LogP contribution in [0.1, 0.15) is 32.1 Å². The Bertz CT molecular complexity index is 242. The van der Waals surface area contributed by atoms with Crippen molar-refractivity contribution in [1.82, 2.24) is 4.90 Å². The maximum Gasteiger partial charge on any atom is 0.00556 e. The maximum atomic E-state index is 3.92. The fraction of sp³-hybridized carbons (Fsp3) is 0.571. The van der Waals surface area contributed by atoms with Crippen LogP contribution in [-0.4, -0.2) is 19.0 Å². The van der Waals surface area contributed by atoms with Crippen molar-refractivity contribution in [3.8, 4) is 0 Å². The number of nitrogens with zero attached hydrogens (tertiary/aromatic N) is 1. The first kappa shape index (κ1) is 12.1. The minimum absolute atomic E-state index is 0.753. The molecule has 0 atom stereocenters. The molecule has 1 aliphatic carbocycles. The van der Waals surface area contributed by atoms with Crippen LogP contribution in [0.3, 0.4) is 0 Å². The molecule has 0 aromatic carbocycles. The van der Waals surface area contributed by atoms with Crippen LogP contribution in [0.5, 0.6) is 0 Å². The van der Waals surface area contributed by atoms with E-state index in [9.17, 15) is 0 Å². The lowest BCUT2D eigenvalue weighted by molar-refractivity contribution is 0.408. The lowest BCUT2D eigenvalue weighted by Crippen LogP contribution is -2.07. The Kier molecular flexibility index (Phi) is 5.23. The molecule has 1 nitrogen and oxygen atoms in total. The molecule has 0 aliphatic heterocycles. The topological polar surface area (TPSA) is 3.24 Å². The van der Waals surface area contributed by atoms with Gasteiger partial charge in [0, 0.05) is 14.1 Å². The van der Waals surface area contributed by atoms with E-state index in [0.717, 1.165) is 5.92 Å². The predicted octanol–water partition coefficient (Wildman–Crippen LogP) is 3.75. The van der Waals surface area contributed by atoms with Gasteiger partial charge in [0.1, 0.15) is 0 Å². The van der Waals surface area contributed by atoms with Crippen molar-refractivity contribution in [2.45, 2.75) is 32.1 Å². The van der Waals surface area contributed by atoms with E-state index in [1.807, 2.05) is 20.2 Å². The average molecular weight is 205 g/mol. The molecule has 0 heterocycles. The molecular formula is C14H23N. The maximum absolute atomic E-state index is 3.92. The van der Waals surface area contributed by atoms with Crippen LogP contribution in [0.4, 0.5) is 0 Å². The first-order valence-corrected chi connectivity index (χ1v) is 5.91. The third-order valence-corrected chi connectivity index (χ3v) is 2.99. The van der Waals surface area contributed by atoms with Crippen molar-refractivity contribution in [1.29, 1.82) is 0 Å². The zero-order valence-corrected chi connectivity index (χ0v) is 10.1. The van der Waals surface area contributed by atoms with Gasteiger partial charge in [-0.15, -0.1) is 0 Å². The summed E-state index contributed by atoms with van der Waals surface area (Å²) in [5.74, 6) is 0.753. The van der Waals surface area contributed by atoms with Crippen molar-refractivity contribution in [3.63, 3.8) is 0 Å². The van der Waals surface area contributed by atoms with Crippen LogP contribution < -0.4 is 0 Å². The van der Waals surface area contributed by atoms with E-state index in [4.69, 9.17) is 0 Å². The molecule has 1 fully saturated rings. The van der Waals surface area contributed by atoms with Gasteiger partial charge in [0.05, 0.1) is 0 Å². The Morgan fingerprint density at radius 3 is 2.40 bits per heavy atom. The van der Waals surface area contributed by atoms with Crippen molar-refractivity contribution in [2.75, 3.05) is 14.1 Å². The van der Waals surface area contributed by atoms with Gasteiger partial charge in [0.2, 0.25) is 0 Å². The molecule has 1 heteroatoms. The summed E-state index contributed by atoms with van der Waals surface area (Å²) in [6.45, 7) is 3.92. The Hall–Kier alpha value is -0.980. The summed E-state index contributed by atoms with van der Waals surface area (Å²) in [4.78, 5) is 2.05. The first-order chi connectivity index (χ1) is 7.24. The van der Waals surface area contributed by atoms with Gasteiger partial charge in [0.15, 0.2) is 0 Å². The van der Waals surface area contributed by atoms with Crippen LogP contribution in [0.15, 0.2) is 36.6 Å². The highest BCUT2D eigenvalue weighted by Gasteiger charge is 2.14. The molecule has 0 radical (unpaired) electrons. The molecule has 84 valence electrons. The molecule has 0 saturated heterocycles. The number of hydrogen-bond donors (Lipinski definition) is 0. The van der Waals surface area contributed by atoms with E-state index in [-0.39, 0.29) is 0 Å². The lowest BCUT2D eigenvalue weighted by atomic mass is 9.83. The van der Waals surface area contributed by atoms with Crippen molar-refractivity contribution in [3.05, 3.63) is 36.6 Å². The summed E-state index contributed by atoms with van der Waals surface area (Å²) in [7, 11) is 4.08. The highest BCUT2D eigenvalue weighted by Crippen LogP contribution is 2.30. The molecule has 0 bridgehead atoms. The molecular weight excluding hydrogens is 182 g/mol. The van der Waals surface area contributed by atoms with Crippen molar-refractivity contribution >= 4 is 0 Å². The van der Waals surface area contributed by atoms with Gasteiger partial charge in [-0.25, -0.2) is 0 Å². The molecule has 1 saturated carbocycles. The first-order valence-electron chi connectivity index (χ1n) is 5.91. The van der Waals surface area contributed by atoms with Crippen LogP contribution in [0.2, 0.25) is 0 Å². The van der Waals surface area contributed by atoms with Crippen LogP contribution in [-0.2, 0) is 0 Å². The molecule has 0 spiro atoms. The van der Waals surface area contributed by atoms with Crippen LogP contribution in [0, 0.1) is 5.92 Å². The summed E-state index contributed by atoms with van der Waals surface area (Å²) < 4.78 is 0. The highest BCUT2D eigenvalue weighted by molar-refractivity contribution is 5.24. The molecule has 1 rings (SSSR count). The SMILES string of the molecule is C=C/C(=C\C=C/N(C)C)C1CCCCC1. The van der Waals surface area contributed by atoms with E-state index >= 15 is 0 Å². The normalized spacial score (nSPS) is 19.5. The Labute approximate surface area is 94.2 Å². The lowest BCUT2D eigenvalue weighted by Gasteiger charge is -2.22. The van der Waals surface area contributed by atoms with Gasteiger partial charge in [-0.1, -0.05) is 38.0 Å². The van der Waals surface area contributed by atoms with Gasteiger partial charge in [-0.3, -0.25) is 0 Å².